The summed E-state index contributed by atoms with van der Waals surface area (Å²) < 4.78 is 1.97. The number of aromatic nitrogens is 2. The van der Waals surface area contributed by atoms with E-state index < -0.39 is 0 Å². The fraction of sp³-hybridized carbons (Fsp3) is 0.733. The van der Waals surface area contributed by atoms with Gasteiger partial charge in [0.15, 0.2) is 0 Å². The third kappa shape index (κ3) is 5.85. The van der Waals surface area contributed by atoms with Gasteiger partial charge >= 0.3 is 0 Å². The third-order valence-corrected chi connectivity index (χ3v) is 4.00. The molecule has 0 saturated heterocycles. The highest BCUT2D eigenvalue weighted by Crippen LogP contribution is 2.24. The molecule has 1 aromatic heterocycles. The first-order chi connectivity index (χ1) is 10.1. The van der Waals surface area contributed by atoms with Gasteiger partial charge in [-0.3, -0.25) is 14.7 Å². The van der Waals surface area contributed by atoms with E-state index in [2.05, 4.69) is 37.0 Å². The molecule has 2 N–H and O–H groups in total. The Labute approximate surface area is 127 Å². The Kier molecular flexibility index (Phi) is 8.00. The van der Waals surface area contributed by atoms with Gasteiger partial charge in [-0.2, -0.15) is 5.10 Å². The molecular weight excluding hydrogens is 268 g/mol. The quantitative estimate of drug-likeness (QED) is 0.512. The van der Waals surface area contributed by atoms with Crippen molar-refractivity contribution >= 4 is 5.91 Å². The Balaban J connectivity index is 2.53. The van der Waals surface area contributed by atoms with E-state index in [9.17, 15) is 4.79 Å². The summed E-state index contributed by atoms with van der Waals surface area (Å²) >= 11 is 0. The normalized spacial score (nSPS) is 12.6. The smallest absolute Gasteiger partial charge is 0.243 e. The summed E-state index contributed by atoms with van der Waals surface area (Å²) in [7, 11) is 0. The molecule has 0 fully saturated rings. The number of carbonyl (C=O) groups is 1. The van der Waals surface area contributed by atoms with E-state index in [1.165, 1.54) is 5.56 Å². The number of hydrogen-bond acceptors (Lipinski definition) is 4. The van der Waals surface area contributed by atoms with Crippen LogP contribution < -0.4 is 5.48 Å². The third-order valence-electron chi connectivity index (χ3n) is 4.00. The van der Waals surface area contributed by atoms with E-state index >= 15 is 0 Å². The van der Waals surface area contributed by atoms with Gasteiger partial charge in [0.2, 0.25) is 5.91 Å². The fourth-order valence-corrected chi connectivity index (χ4v) is 2.46. The molecule has 0 aliphatic rings. The second-order valence-electron chi connectivity index (χ2n) is 5.24. The molecule has 0 spiro atoms. The van der Waals surface area contributed by atoms with Gasteiger partial charge in [0.05, 0.1) is 12.7 Å². The molecule has 0 aliphatic carbocycles. The Morgan fingerprint density at radius 1 is 1.43 bits per heavy atom. The van der Waals surface area contributed by atoms with Crippen molar-refractivity contribution in [3.05, 3.63) is 18.0 Å². The van der Waals surface area contributed by atoms with Crippen LogP contribution in [0, 0.1) is 0 Å². The predicted molar refractivity (Wildman–Crippen MR) is 82.2 cm³/mol. The lowest BCUT2D eigenvalue weighted by molar-refractivity contribution is -0.129. The zero-order valence-corrected chi connectivity index (χ0v) is 13.4. The Hall–Kier alpha value is -1.40. The monoisotopic (exact) mass is 296 g/mol. The summed E-state index contributed by atoms with van der Waals surface area (Å²) in [5.74, 6) is -0.0214. The molecule has 1 unspecified atom stereocenters. The average Bonchev–Trinajstić information content (AvgIpc) is 2.97. The van der Waals surface area contributed by atoms with E-state index in [4.69, 9.17) is 5.21 Å². The van der Waals surface area contributed by atoms with Crippen LogP contribution in [0.25, 0.3) is 0 Å². The number of nitrogens with zero attached hydrogens (tertiary/aromatic N) is 3. The maximum atomic E-state index is 11.1. The number of hydroxylamine groups is 1. The van der Waals surface area contributed by atoms with Gasteiger partial charge in [0.1, 0.15) is 0 Å². The van der Waals surface area contributed by atoms with Crippen LogP contribution >= 0.6 is 0 Å². The van der Waals surface area contributed by atoms with Crippen molar-refractivity contribution in [1.29, 1.82) is 0 Å². The summed E-state index contributed by atoms with van der Waals surface area (Å²) in [6.45, 7) is 10.4. The first-order valence-corrected chi connectivity index (χ1v) is 7.82. The molecule has 1 heterocycles. The zero-order valence-electron chi connectivity index (χ0n) is 13.4. The minimum absolute atomic E-state index is 0.310. The predicted octanol–water partition coefficient (Wildman–Crippen LogP) is 2.00. The number of rotatable bonds is 10. The highest BCUT2D eigenvalue weighted by atomic mass is 16.5. The maximum Gasteiger partial charge on any atom is 0.243 e. The molecule has 0 saturated carbocycles. The molecule has 6 nitrogen and oxygen atoms in total. The molecule has 0 aromatic carbocycles. The van der Waals surface area contributed by atoms with Crippen LogP contribution in [-0.2, 0) is 11.3 Å². The van der Waals surface area contributed by atoms with E-state index in [1.807, 2.05) is 10.9 Å². The SMILES string of the molecule is CCC(CCC(=O)NO)c1cnn(CCN(CC)CC)c1. The lowest BCUT2D eigenvalue weighted by Crippen LogP contribution is -2.27. The van der Waals surface area contributed by atoms with Gasteiger partial charge in [-0.1, -0.05) is 20.8 Å². The van der Waals surface area contributed by atoms with E-state index in [0.717, 1.165) is 39.0 Å². The van der Waals surface area contributed by atoms with Crippen LogP contribution in [0.1, 0.15) is 51.5 Å². The molecule has 120 valence electrons. The van der Waals surface area contributed by atoms with E-state index in [0.29, 0.717) is 12.3 Å². The van der Waals surface area contributed by atoms with E-state index in [-0.39, 0.29) is 5.91 Å². The molecule has 6 heteroatoms. The maximum absolute atomic E-state index is 11.1. The van der Waals surface area contributed by atoms with Crippen molar-refractivity contribution in [1.82, 2.24) is 20.2 Å². The van der Waals surface area contributed by atoms with Crippen molar-refractivity contribution < 1.29 is 10.0 Å². The van der Waals surface area contributed by atoms with Gasteiger partial charge < -0.3 is 4.90 Å². The van der Waals surface area contributed by atoms with Gasteiger partial charge in [-0.15, -0.1) is 0 Å². The average molecular weight is 296 g/mol. The van der Waals surface area contributed by atoms with Gasteiger partial charge in [-0.25, -0.2) is 5.48 Å². The first kappa shape index (κ1) is 17.7. The number of hydrogen-bond donors (Lipinski definition) is 2. The van der Waals surface area contributed by atoms with Gasteiger partial charge in [0, 0.05) is 19.2 Å². The van der Waals surface area contributed by atoms with E-state index in [1.54, 1.807) is 5.48 Å². The Bertz CT molecular complexity index is 416. The number of nitrogens with one attached hydrogen (secondary N) is 1. The van der Waals surface area contributed by atoms with Crippen LogP contribution in [0.15, 0.2) is 12.4 Å². The Morgan fingerprint density at radius 2 is 2.14 bits per heavy atom. The second-order valence-corrected chi connectivity index (χ2v) is 5.24. The molecule has 1 rings (SSSR count). The van der Waals surface area contributed by atoms with Gasteiger partial charge in [0.25, 0.3) is 0 Å². The summed E-state index contributed by atoms with van der Waals surface area (Å²) in [5.41, 5.74) is 2.85. The highest BCUT2D eigenvalue weighted by molar-refractivity contribution is 5.74. The zero-order chi connectivity index (χ0) is 15.7. The summed E-state index contributed by atoms with van der Waals surface area (Å²) in [4.78, 5) is 13.5. The number of carbonyl (C=O) groups excluding carboxylic acids is 1. The van der Waals surface area contributed by atoms with Crippen LogP contribution in [0.2, 0.25) is 0 Å². The summed E-state index contributed by atoms with van der Waals surface area (Å²) in [5, 5.41) is 13.0. The van der Waals surface area contributed by atoms with Crippen molar-refractivity contribution in [3.63, 3.8) is 0 Å². The lowest BCUT2D eigenvalue weighted by Gasteiger charge is -2.17. The molecule has 0 radical (unpaired) electrons. The van der Waals surface area contributed by atoms with Crippen LogP contribution in [0.4, 0.5) is 0 Å². The molecule has 1 atom stereocenters. The number of likely N-dealkylation sites (N-methyl/N-ethyl adjacent to an activating group) is 1. The molecule has 1 aromatic rings. The van der Waals surface area contributed by atoms with Gasteiger partial charge in [-0.05, 0) is 37.4 Å². The fourth-order valence-electron chi connectivity index (χ4n) is 2.46. The van der Waals surface area contributed by atoms with Crippen molar-refractivity contribution in [2.24, 2.45) is 0 Å². The highest BCUT2D eigenvalue weighted by Gasteiger charge is 2.14. The molecule has 1 amide bonds. The largest absolute Gasteiger partial charge is 0.302 e. The topological polar surface area (TPSA) is 70.4 Å². The summed E-state index contributed by atoms with van der Waals surface area (Å²) in [6.07, 6.45) is 5.99. The molecular formula is C15H28N4O2. The summed E-state index contributed by atoms with van der Waals surface area (Å²) in [6, 6.07) is 0. The molecule has 21 heavy (non-hydrogen) atoms. The van der Waals surface area contributed by atoms with Crippen molar-refractivity contribution in [2.75, 3.05) is 19.6 Å². The minimum Gasteiger partial charge on any atom is -0.302 e. The van der Waals surface area contributed by atoms with Crippen LogP contribution in [-0.4, -0.2) is 45.4 Å². The van der Waals surface area contributed by atoms with Crippen molar-refractivity contribution in [2.45, 2.75) is 52.5 Å². The lowest BCUT2D eigenvalue weighted by atomic mass is 9.94. The second kappa shape index (κ2) is 9.52. The molecule has 0 aliphatic heterocycles. The van der Waals surface area contributed by atoms with Crippen LogP contribution in [0.3, 0.4) is 0 Å². The molecule has 0 bridgehead atoms. The minimum atomic E-state index is -0.331. The standard InChI is InChI=1S/C15H28N4O2/c1-4-13(7-8-15(20)17-21)14-11-16-19(12-14)10-9-18(5-2)6-3/h11-13,21H,4-10H2,1-3H3,(H,17,20). The van der Waals surface area contributed by atoms with Crippen molar-refractivity contribution in [3.8, 4) is 0 Å². The first-order valence-electron chi connectivity index (χ1n) is 7.82. The Morgan fingerprint density at radius 3 is 2.71 bits per heavy atom. The van der Waals surface area contributed by atoms with Crippen LogP contribution in [0.5, 0.6) is 0 Å². The number of amides is 1.